The van der Waals surface area contributed by atoms with E-state index in [-0.39, 0.29) is 12.0 Å². The first-order chi connectivity index (χ1) is 15.8. The van der Waals surface area contributed by atoms with Gasteiger partial charge in [0.15, 0.2) is 0 Å². The van der Waals surface area contributed by atoms with E-state index in [1.54, 1.807) is 18.4 Å². The molecule has 0 aliphatic heterocycles. The minimum Gasteiger partial charge on any atom is -0.390 e. The highest BCUT2D eigenvalue weighted by Gasteiger charge is 2.33. The molecule has 1 saturated carbocycles. The maximum Gasteiger partial charge on any atom is 0.224 e. The number of pyridine rings is 1. The van der Waals surface area contributed by atoms with Crippen molar-refractivity contribution in [2.24, 2.45) is 5.92 Å². The lowest BCUT2D eigenvalue weighted by atomic mass is 9.77. The number of aromatic nitrogens is 4. The standard InChI is InChI=1S/C24H34N6O2S/c1-14-19(22-29-20-15(2)25-10-9-18(20)33-22)21(30-23(27-14)26-11-12-32-5)28-17-8-6-7-16(13-17)24(3,4)31/h9-10,16-17,31H,6-8,11-13H2,1-5H3,(H2,26,27,28,30). The molecule has 0 bridgehead atoms. The maximum absolute atomic E-state index is 10.6. The summed E-state index contributed by atoms with van der Waals surface area (Å²) in [5.74, 6) is 1.61. The first-order valence-electron chi connectivity index (χ1n) is 11.6. The number of aliphatic hydroxyl groups is 1. The van der Waals surface area contributed by atoms with Gasteiger partial charge in [0, 0.05) is 25.9 Å². The molecule has 9 heteroatoms. The maximum atomic E-state index is 10.6. The number of anilines is 2. The van der Waals surface area contributed by atoms with Gasteiger partial charge in [-0.05, 0) is 58.9 Å². The summed E-state index contributed by atoms with van der Waals surface area (Å²) in [5, 5.41) is 18.4. The zero-order chi connectivity index (χ0) is 23.6. The number of ether oxygens (including phenoxy) is 1. The second-order valence-corrected chi connectivity index (χ2v) is 10.4. The molecular weight excluding hydrogens is 436 g/mol. The molecule has 3 aromatic heterocycles. The predicted octanol–water partition coefficient (Wildman–Crippen LogP) is 4.57. The van der Waals surface area contributed by atoms with Crippen molar-refractivity contribution in [2.45, 2.75) is 65.0 Å². The van der Waals surface area contributed by atoms with E-state index in [9.17, 15) is 5.11 Å². The second-order valence-electron chi connectivity index (χ2n) is 9.40. The van der Waals surface area contributed by atoms with Gasteiger partial charge in [0.05, 0.1) is 33.9 Å². The van der Waals surface area contributed by atoms with Gasteiger partial charge in [-0.3, -0.25) is 4.98 Å². The molecule has 1 fully saturated rings. The summed E-state index contributed by atoms with van der Waals surface area (Å²) in [4.78, 5) is 18.9. The van der Waals surface area contributed by atoms with Crippen molar-refractivity contribution in [3.05, 3.63) is 23.7 Å². The summed E-state index contributed by atoms with van der Waals surface area (Å²) in [6, 6.07) is 2.23. The highest BCUT2D eigenvalue weighted by atomic mass is 32.1. The van der Waals surface area contributed by atoms with Crippen LogP contribution >= 0.6 is 11.3 Å². The fourth-order valence-electron chi connectivity index (χ4n) is 4.52. The van der Waals surface area contributed by atoms with Gasteiger partial charge in [-0.25, -0.2) is 9.97 Å². The summed E-state index contributed by atoms with van der Waals surface area (Å²) >= 11 is 1.64. The number of aryl methyl sites for hydroxylation is 2. The Balaban J connectivity index is 1.71. The molecule has 0 radical (unpaired) electrons. The molecule has 8 nitrogen and oxygen atoms in total. The zero-order valence-corrected chi connectivity index (χ0v) is 20.9. The lowest BCUT2D eigenvalue weighted by molar-refractivity contribution is -0.00120. The van der Waals surface area contributed by atoms with Crippen molar-refractivity contribution >= 4 is 33.3 Å². The smallest absolute Gasteiger partial charge is 0.224 e. The molecule has 0 aromatic carbocycles. The normalized spacial score (nSPS) is 19.1. The molecule has 2 atom stereocenters. The number of rotatable bonds is 8. The summed E-state index contributed by atoms with van der Waals surface area (Å²) in [6.07, 6.45) is 5.90. The highest BCUT2D eigenvalue weighted by molar-refractivity contribution is 7.21. The fraction of sp³-hybridized carbons (Fsp3) is 0.583. The molecule has 178 valence electrons. The van der Waals surface area contributed by atoms with E-state index in [0.717, 1.165) is 63.7 Å². The van der Waals surface area contributed by atoms with E-state index < -0.39 is 5.60 Å². The van der Waals surface area contributed by atoms with E-state index in [4.69, 9.17) is 19.7 Å². The molecule has 4 rings (SSSR count). The van der Waals surface area contributed by atoms with Crippen molar-refractivity contribution in [3.8, 4) is 10.6 Å². The molecule has 33 heavy (non-hydrogen) atoms. The van der Waals surface area contributed by atoms with E-state index in [1.165, 1.54) is 0 Å². The lowest BCUT2D eigenvalue weighted by Crippen LogP contribution is -2.38. The van der Waals surface area contributed by atoms with Gasteiger partial charge in [0.1, 0.15) is 16.3 Å². The average molecular weight is 471 g/mol. The zero-order valence-electron chi connectivity index (χ0n) is 20.1. The second kappa shape index (κ2) is 9.87. The number of fused-ring (bicyclic) bond motifs is 1. The largest absolute Gasteiger partial charge is 0.390 e. The Hall–Kier alpha value is -2.36. The summed E-state index contributed by atoms with van der Waals surface area (Å²) in [7, 11) is 1.68. The van der Waals surface area contributed by atoms with Crippen molar-refractivity contribution in [1.29, 1.82) is 0 Å². The number of methoxy groups -OCH3 is 1. The van der Waals surface area contributed by atoms with Crippen LogP contribution in [-0.2, 0) is 4.74 Å². The van der Waals surface area contributed by atoms with E-state index >= 15 is 0 Å². The molecule has 1 aliphatic carbocycles. The Labute approximate surface area is 199 Å². The summed E-state index contributed by atoms with van der Waals surface area (Å²) < 4.78 is 6.26. The molecule has 0 spiro atoms. The van der Waals surface area contributed by atoms with E-state index in [0.29, 0.717) is 19.1 Å². The van der Waals surface area contributed by atoms with Crippen molar-refractivity contribution in [2.75, 3.05) is 30.9 Å². The van der Waals surface area contributed by atoms with Crippen LogP contribution in [0.4, 0.5) is 11.8 Å². The van der Waals surface area contributed by atoms with Crippen LogP contribution < -0.4 is 10.6 Å². The number of hydrogen-bond acceptors (Lipinski definition) is 9. The van der Waals surface area contributed by atoms with Gasteiger partial charge >= 0.3 is 0 Å². The first-order valence-corrected chi connectivity index (χ1v) is 12.4. The molecule has 1 aliphatic rings. The molecule has 0 saturated heterocycles. The van der Waals surface area contributed by atoms with Gasteiger partial charge < -0.3 is 20.5 Å². The Morgan fingerprint density at radius 3 is 2.73 bits per heavy atom. The number of nitrogens with one attached hydrogen (secondary N) is 2. The Morgan fingerprint density at radius 2 is 2.00 bits per heavy atom. The minimum absolute atomic E-state index is 0.229. The predicted molar refractivity (Wildman–Crippen MR) is 134 cm³/mol. The third-order valence-corrected chi connectivity index (χ3v) is 7.44. The fourth-order valence-corrected chi connectivity index (χ4v) is 5.63. The van der Waals surface area contributed by atoms with Crippen LogP contribution in [0, 0.1) is 19.8 Å². The monoisotopic (exact) mass is 470 g/mol. The topological polar surface area (TPSA) is 105 Å². The van der Waals surface area contributed by atoms with Crippen LogP contribution in [0.15, 0.2) is 12.3 Å². The minimum atomic E-state index is -0.685. The number of thiazole rings is 1. The first kappa shape index (κ1) is 23.8. The molecule has 2 unspecified atom stereocenters. The van der Waals surface area contributed by atoms with E-state index in [2.05, 4.69) is 15.6 Å². The van der Waals surface area contributed by atoms with Crippen LogP contribution in [0.25, 0.3) is 20.8 Å². The molecule has 3 aromatic rings. The average Bonchev–Trinajstić information content (AvgIpc) is 3.18. The third kappa shape index (κ3) is 5.42. The highest BCUT2D eigenvalue weighted by Crippen LogP contribution is 2.39. The lowest BCUT2D eigenvalue weighted by Gasteiger charge is -2.37. The van der Waals surface area contributed by atoms with Crippen LogP contribution in [0.3, 0.4) is 0 Å². The molecule has 0 amide bonds. The third-order valence-electron chi connectivity index (χ3n) is 6.40. The van der Waals surface area contributed by atoms with Crippen LogP contribution in [0.5, 0.6) is 0 Å². The number of hydrogen-bond donors (Lipinski definition) is 3. The van der Waals surface area contributed by atoms with Crippen molar-refractivity contribution < 1.29 is 9.84 Å². The van der Waals surface area contributed by atoms with Gasteiger partial charge in [-0.1, -0.05) is 6.42 Å². The summed E-state index contributed by atoms with van der Waals surface area (Å²) in [6.45, 7) is 9.01. The van der Waals surface area contributed by atoms with Gasteiger partial charge in [-0.2, -0.15) is 4.98 Å². The Morgan fingerprint density at radius 1 is 1.18 bits per heavy atom. The van der Waals surface area contributed by atoms with E-state index in [1.807, 2.05) is 40.0 Å². The Bertz CT molecular complexity index is 1110. The van der Waals surface area contributed by atoms with Crippen molar-refractivity contribution in [3.63, 3.8) is 0 Å². The van der Waals surface area contributed by atoms with Crippen LogP contribution in [-0.4, -0.2) is 56.9 Å². The SMILES string of the molecule is COCCNc1nc(C)c(-c2nc3c(C)nccc3s2)c(NC2CCCC(C(C)(C)O)C2)n1. The molecule has 3 heterocycles. The van der Waals surface area contributed by atoms with Crippen LogP contribution in [0.2, 0.25) is 0 Å². The number of nitrogens with zero attached hydrogens (tertiary/aromatic N) is 4. The molecular formula is C24H34N6O2S. The van der Waals surface area contributed by atoms with Crippen LogP contribution in [0.1, 0.15) is 50.9 Å². The quantitative estimate of drug-likeness (QED) is 0.411. The molecule has 3 N–H and O–H groups in total. The van der Waals surface area contributed by atoms with Crippen molar-refractivity contribution in [1.82, 2.24) is 19.9 Å². The van der Waals surface area contributed by atoms with Gasteiger partial charge in [0.2, 0.25) is 5.95 Å². The summed E-state index contributed by atoms with van der Waals surface area (Å²) in [5.41, 5.74) is 2.95. The van der Waals surface area contributed by atoms with Gasteiger partial charge in [0.25, 0.3) is 0 Å². The Kier molecular flexibility index (Phi) is 7.11. The van der Waals surface area contributed by atoms with Gasteiger partial charge in [-0.15, -0.1) is 11.3 Å².